The van der Waals surface area contributed by atoms with Crippen LogP contribution in [-0.2, 0) is 0 Å². The molecule has 3 nitrogen and oxygen atoms in total. The van der Waals surface area contributed by atoms with Gasteiger partial charge < -0.3 is 0 Å². The third kappa shape index (κ3) is 2.74. The lowest BCUT2D eigenvalue weighted by Gasteiger charge is -2.13. The molecule has 0 spiro atoms. The lowest BCUT2D eigenvalue weighted by atomic mass is 10.1. The number of hydrogen-bond acceptors (Lipinski definition) is 1. The Hall–Kier alpha value is -4.63. The van der Waals surface area contributed by atoms with Crippen molar-refractivity contribution in [2.24, 2.45) is 0 Å². The predicted octanol–water partition coefficient (Wildman–Crippen LogP) is 7.79. The van der Waals surface area contributed by atoms with Gasteiger partial charge in [0.2, 0.25) is 0 Å². The number of fused-ring (bicyclic) bond motifs is 5. The summed E-state index contributed by atoms with van der Waals surface area (Å²) in [7, 11) is 0. The highest BCUT2D eigenvalue weighted by molar-refractivity contribution is 6.21. The Bertz CT molecular complexity index is 1790. The van der Waals surface area contributed by atoms with Crippen molar-refractivity contribution in [1.29, 1.82) is 0 Å². The molecule has 34 heavy (non-hydrogen) atoms. The Balaban J connectivity index is 1.65. The van der Waals surface area contributed by atoms with Crippen molar-refractivity contribution in [3.05, 3.63) is 128 Å². The number of nitrogens with zero attached hydrogens (tertiary/aromatic N) is 3. The van der Waals surface area contributed by atoms with E-state index in [2.05, 4.69) is 124 Å². The predicted molar refractivity (Wildman–Crippen MR) is 141 cm³/mol. The fraction of sp³-hybridized carbons (Fsp3) is 0. The van der Waals surface area contributed by atoms with Gasteiger partial charge in [0.1, 0.15) is 11.3 Å². The Morgan fingerprint density at radius 2 is 1.18 bits per heavy atom. The van der Waals surface area contributed by atoms with E-state index >= 15 is 0 Å². The monoisotopic (exact) mass is 435 g/mol. The minimum Gasteiger partial charge on any atom is -0.295 e. The average Bonchev–Trinajstić information content (AvgIpc) is 3.42. The molecule has 3 aromatic heterocycles. The van der Waals surface area contributed by atoms with Crippen LogP contribution in [0.4, 0.5) is 0 Å². The molecule has 0 aliphatic rings. The zero-order valence-corrected chi connectivity index (χ0v) is 18.5. The molecule has 0 unspecified atom stereocenters. The summed E-state index contributed by atoms with van der Waals surface area (Å²) in [5, 5.41) is 3.62. The van der Waals surface area contributed by atoms with Crippen LogP contribution in [0.2, 0.25) is 0 Å². The van der Waals surface area contributed by atoms with Gasteiger partial charge in [0.05, 0.1) is 5.52 Å². The summed E-state index contributed by atoms with van der Waals surface area (Å²) in [6.07, 6.45) is 1.88. The fourth-order valence-electron chi connectivity index (χ4n) is 5.11. The van der Waals surface area contributed by atoms with E-state index in [1.807, 2.05) is 12.3 Å². The summed E-state index contributed by atoms with van der Waals surface area (Å²) in [5.41, 5.74) is 7.91. The normalized spacial score (nSPS) is 11.5. The molecule has 0 aliphatic heterocycles. The molecular formula is C31H21N3. The van der Waals surface area contributed by atoms with Gasteiger partial charge in [-0.3, -0.25) is 9.13 Å². The summed E-state index contributed by atoms with van der Waals surface area (Å²) in [6, 6.07) is 42.7. The van der Waals surface area contributed by atoms with Crippen molar-refractivity contribution in [1.82, 2.24) is 14.1 Å². The van der Waals surface area contributed by atoms with E-state index in [-0.39, 0.29) is 0 Å². The molecule has 160 valence electrons. The molecule has 0 atom stereocenters. The van der Waals surface area contributed by atoms with Crippen molar-refractivity contribution >= 4 is 33.0 Å². The number of rotatable bonds is 3. The zero-order chi connectivity index (χ0) is 22.5. The number of aromatic nitrogens is 3. The first-order chi connectivity index (χ1) is 16.9. The lowest BCUT2D eigenvalue weighted by Crippen LogP contribution is -2.02. The van der Waals surface area contributed by atoms with E-state index in [1.54, 1.807) is 0 Å². The maximum Gasteiger partial charge on any atom is 0.146 e. The first kappa shape index (κ1) is 18.9. The van der Waals surface area contributed by atoms with E-state index < -0.39 is 0 Å². The van der Waals surface area contributed by atoms with Gasteiger partial charge in [-0.15, -0.1) is 0 Å². The molecule has 0 amide bonds. The maximum atomic E-state index is 4.86. The van der Waals surface area contributed by atoms with Crippen LogP contribution in [0.1, 0.15) is 0 Å². The Labute approximate surface area is 197 Å². The largest absolute Gasteiger partial charge is 0.295 e. The fourth-order valence-corrected chi connectivity index (χ4v) is 5.11. The maximum absolute atomic E-state index is 4.86. The van der Waals surface area contributed by atoms with Crippen molar-refractivity contribution in [2.75, 3.05) is 0 Å². The van der Waals surface area contributed by atoms with Gasteiger partial charge in [-0.05, 0) is 53.6 Å². The molecule has 7 rings (SSSR count). The molecule has 0 saturated carbocycles. The highest BCUT2D eigenvalue weighted by Crippen LogP contribution is 2.40. The van der Waals surface area contributed by atoms with Gasteiger partial charge in [0.25, 0.3) is 0 Å². The molecule has 0 aliphatic carbocycles. The first-order valence-electron chi connectivity index (χ1n) is 11.5. The Morgan fingerprint density at radius 3 is 2.03 bits per heavy atom. The molecule has 0 radical (unpaired) electrons. The van der Waals surface area contributed by atoms with Crippen LogP contribution in [0.25, 0.3) is 55.5 Å². The van der Waals surface area contributed by atoms with E-state index in [0.717, 1.165) is 28.1 Å². The van der Waals surface area contributed by atoms with E-state index in [1.165, 1.54) is 27.4 Å². The summed E-state index contributed by atoms with van der Waals surface area (Å²) < 4.78 is 4.67. The second-order valence-electron chi connectivity index (χ2n) is 8.51. The lowest BCUT2D eigenvalue weighted by molar-refractivity contribution is 1.05. The van der Waals surface area contributed by atoms with Crippen LogP contribution in [0, 0.1) is 0 Å². The summed E-state index contributed by atoms with van der Waals surface area (Å²) >= 11 is 0. The van der Waals surface area contributed by atoms with Crippen LogP contribution in [-0.4, -0.2) is 14.1 Å². The second-order valence-corrected chi connectivity index (χ2v) is 8.51. The SMILES string of the molecule is c1ccc(-c2cccc(-n3c4ncccc4c4c5ccccc5n(-c5ccccc5)c43)c2)cc1. The van der Waals surface area contributed by atoms with Gasteiger partial charge in [-0.2, -0.15) is 0 Å². The number of para-hydroxylation sites is 2. The van der Waals surface area contributed by atoms with Gasteiger partial charge in [-0.1, -0.05) is 78.9 Å². The van der Waals surface area contributed by atoms with Crippen LogP contribution < -0.4 is 0 Å². The summed E-state index contributed by atoms with van der Waals surface area (Å²) in [6.45, 7) is 0. The molecule has 7 aromatic rings. The van der Waals surface area contributed by atoms with Crippen molar-refractivity contribution in [3.63, 3.8) is 0 Å². The highest BCUT2D eigenvalue weighted by Gasteiger charge is 2.22. The smallest absolute Gasteiger partial charge is 0.146 e. The number of pyridine rings is 1. The van der Waals surface area contributed by atoms with Gasteiger partial charge in [-0.25, -0.2) is 4.98 Å². The second kappa shape index (κ2) is 7.46. The van der Waals surface area contributed by atoms with Crippen LogP contribution in [0.3, 0.4) is 0 Å². The Kier molecular flexibility index (Phi) is 4.15. The minimum absolute atomic E-state index is 0.966. The van der Waals surface area contributed by atoms with E-state index in [4.69, 9.17) is 4.98 Å². The quantitative estimate of drug-likeness (QED) is 0.278. The Morgan fingerprint density at radius 1 is 0.500 bits per heavy atom. The van der Waals surface area contributed by atoms with Crippen molar-refractivity contribution < 1.29 is 0 Å². The zero-order valence-electron chi connectivity index (χ0n) is 18.5. The summed E-state index contributed by atoms with van der Waals surface area (Å²) in [4.78, 5) is 4.86. The molecule has 3 heteroatoms. The van der Waals surface area contributed by atoms with E-state index in [0.29, 0.717) is 0 Å². The first-order valence-corrected chi connectivity index (χ1v) is 11.5. The number of benzene rings is 4. The van der Waals surface area contributed by atoms with E-state index in [9.17, 15) is 0 Å². The van der Waals surface area contributed by atoms with Crippen molar-refractivity contribution in [2.45, 2.75) is 0 Å². The molecule has 0 saturated heterocycles. The highest BCUT2D eigenvalue weighted by atomic mass is 15.2. The molecular weight excluding hydrogens is 414 g/mol. The molecule has 4 aromatic carbocycles. The van der Waals surface area contributed by atoms with Crippen LogP contribution in [0.5, 0.6) is 0 Å². The van der Waals surface area contributed by atoms with Gasteiger partial charge >= 0.3 is 0 Å². The molecule has 0 N–H and O–H groups in total. The average molecular weight is 436 g/mol. The molecule has 0 bridgehead atoms. The molecule has 3 heterocycles. The topological polar surface area (TPSA) is 22.8 Å². The van der Waals surface area contributed by atoms with Crippen LogP contribution in [0.15, 0.2) is 128 Å². The minimum atomic E-state index is 0.966. The van der Waals surface area contributed by atoms with Gasteiger partial charge in [0, 0.05) is 33.7 Å². The number of hydrogen-bond donors (Lipinski definition) is 0. The van der Waals surface area contributed by atoms with Crippen molar-refractivity contribution in [3.8, 4) is 22.5 Å². The van der Waals surface area contributed by atoms with Crippen LogP contribution >= 0.6 is 0 Å². The van der Waals surface area contributed by atoms with Gasteiger partial charge in [0.15, 0.2) is 0 Å². The third-order valence-electron chi connectivity index (χ3n) is 6.56. The standard InChI is InChI=1S/C31H21N3/c1-3-11-22(12-4-1)23-13-9-16-25(21-23)34-30-27(18-10-20-32-30)29-26-17-7-8-19-28(26)33(31(29)34)24-14-5-2-6-15-24/h1-21H. The molecule has 0 fully saturated rings. The third-order valence-corrected chi connectivity index (χ3v) is 6.56. The summed E-state index contributed by atoms with van der Waals surface area (Å²) in [5.74, 6) is 0.